The lowest BCUT2D eigenvalue weighted by atomic mass is 9.56. The summed E-state index contributed by atoms with van der Waals surface area (Å²) in [6.45, 7) is 28.6. The van der Waals surface area contributed by atoms with Crippen LogP contribution in [0.2, 0.25) is 0 Å². The van der Waals surface area contributed by atoms with Gasteiger partial charge in [-0.05, 0) is 160 Å². The van der Waals surface area contributed by atoms with Crippen molar-refractivity contribution in [1.29, 1.82) is 0 Å². The van der Waals surface area contributed by atoms with Crippen LogP contribution in [0.5, 0.6) is 5.75 Å². The number of anilines is 2. The van der Waals surface area contributed by atoms with Gasteiger partial charge in [-0.3, -0.25) is 24.1 Å². The molecule has 77 heavy (non-hydrogen) atoms. The van der Waals surface area contributed by atoms with Crippen LogP contribution >= 0.6 is 0 Å². The fraction of sp³-hybridized carbons (Fsp3) is 0.762. The van der Waals surface area contributed by atoms with Gasteiger partial charge in [-0.2, -0.15) is 0 Å². The molecule has 0 heterocycles. The number of Topliss-reactive ketones (excluding diaryl/α,β-unsaturated/α-hetero) is 2. The molecule has 5 saturated carbocycles. The van der Waals surface area contributed by atoms with E-state index in [0.717, 1.165) is 77.0 Å². The van der Waals surface area contributed by atoms with Gasteiger partial charge in [0.15, 0.2) is 11.4 Å². The molecule has 14 unspecified atom stereocenters. The Morgan fingerprint density at radius 1 is 0.701 bits per heavy atom. The van der Waals surface area contributed by atoms with Crippen molar-refractivity contribution >= 4 is 46.5 Å². The molecule has 428 valence electrons. The first-order chi connectivity index (χ1) is 36.2. The Balaban J connectivity index is 1.40. The van der Waals surface area contributed by atoms with Crippen LogP contribution in [-0.2, 0) is 35.1 Å². The van der Waals surface area contributed by atoms with E-state index >= 15 is 9.59 Å². The number of ether oxygens (including phenoxy) is 1. The quantitative estimate of drug-likeness (QED) is 0.0470. The van der Waals surface area contributed by atoms with E-state index in [0.29, 0.717) is 46.8 Å². The second kappa shape index (κ2) is 23.0. The standard InChI is InChI=1S/C63H96N4O10/c1-14-77-62(75)61(74)65-45-29-50(66(46-23-34(10)15-19-39(46)30(2)3)47-24-35(11)16-20-40(47)31(4)5)43-27-38-28-44-54(57(70)53(60(64)73)59(72)63(44,76)58(71)51(38)56(69)52(43)55(45)68)67(48-25-36(12)17-21-41(48)32(6)7)49-26-37(13)18-22-42(49)33(8)9/h29-42,44,46-49,54,68-69,72,76H,14-28H2,1-13H3,(H2,64,73)(H,65,74)/t34?,35?,36?,37?,38?,39?,40?,41?,42?,44?,46?,47?,48?,49?,54-,63-/m0/s1. The van der Waals surface area contributed by atoms with E-state index < -0.39 is 75.7 Å². The number of phenolic OH excluding ortho intramolecular Hbond substituents is 1. The van der Waals surface area contributed by atoms with Crippen molar-refractivity contribution in [1.82, 2.24) is 4.90 Å². The van der Waals surface area contributed by atoms with Gasteiger partial charge in [0, 0.05) is 41.3 Å². The largest absolute Gasteiger partial charge is 0.508 e. The summed E-state index contributed by atoms with van der Waals surface area (Å²) < 4.78 is 5.10. The normalized spacial score (nSPS) is 35.8. The number of benzene rings is 1. The van der Waals surface area contributed by atoms with E-state index in [-0.39, 0.29) is 95.9 Å². The van der Waals surface area contributed by atoms with Gasteiger partial charge in [-0.15, -0.1) is 0 Å². The Morgan fingerprint density at radius 2 is 1.14 bits per heavy atom. The second-order valence-electron chi connectivity index (χ2n) is 27.2. The van der Waals surface area contributed by atoms with Gasteiger partial charge >= 0.3 is 11.9 Å². The molecule has 7 N–H and O–H groups in total. The molecule has 16 atom stereocenters. The Hall–Kier alpha value is -4.43. The van der Waals surface area contributed by atoms with E-state index in [4.69, 9.17) is 10.5 Å². The number of nitrogens with one attached hydrogen (secondary N) is 1. The lowest BCUT2D eigenvalue weighted by molar-refractivity contribution is -0.164. The average molecular weight is 1070 g/mol. The van der Waals surface area contributed by atoms with Gasteiger partial charge in [0.25, 0.3) is 5.91 Å². The number of hydrogen-bond donors (Lipinski definition) is 6. The minimum atomic E-state index is -2.87. The molecule has 0 spiro atoms. The molecule has 1 aromatic rings. The highest BCUT2D eigenvalue weighted by atomic mass is 16.5. The third-order valence-corrected chi connectivity index (χ3v) is 20.9. The van der Waals surface area contributed by atoms with Crippen molar-refractivity contribution in [2.24, 2.45) is 88.6 Å². The van der Waals surface area contributed by atoms with E-state index in [2.05, 4.69) is 98.2 Å². The van der Waals surface area contributed by atoms with Crippen LogP contribution < -0.4 is 16.0 Å². The number of primary amides is 1. The van der Waals surface area contributed by atoms with E-state index in [9.17, 15) is 34.8 Å². The zero-order valence-corrected chi connectivity index (χ0v) is 48.9. The number of nitrogens with zero attached hydrogens (tertiary/aromatic N) is 2. The van der Waals surface area contributed by atoms with Crippen LogP contribution in [0.4, 0.5) is 11.4 Å². The van der Waals surface area contributed by atoms with Crippen LogP contribution in [0.1, 0.15) is 185 Å². The van der Waals surface area contributed by atoms with E-state index in [1.54, 1.807) is 13.0 Å². The predicted octanol–water partition coefficient (Wildman–Crippen LogP) is 10.9. The van der Waals surface area contributed by atoms with Crippen molar-refractivity contribution < 1.29 is 49.1 Å². The number of esters is 1. The summed E-state index contributed by atoms with van der Waals surface area (Å²) in [5.41, 5.74) is 3.16. The Bertz CT molecular complexity index is 2430. The molecule has 14 heteroatoms. The number of aromatic hydroxyl groups is 1. The fourth-order valence-electron chi connectivity index (χ4n) is 16.9. The zero-order valence-electron chi connectivity index (χ0n) is 48.9. The molecule has 14 nitrogen and oxygen atoms in total. The molecule has 0 aliphatic heterocycles. The van der Waals surface area contributed by atoms with E-state index in [1.807, 2.05) is 0 Å². The number of aliphatic hydroxyl groups excluding tert-OH is 2. The molecule has 0 aromatic heterocycles. The molecule has 0 bridgehead atoms. The topological polar surface area (TPSA) is 220 Å². The number of fused-ring (bicyclic) bond motifs is 3. The molecule has 0 saturated heterocycles. The number of amides is 2. The van der Waals surface area contributed by atoms with Crippen molar-refractivity contribution in [3.63, 3.8) is 0 Å². The molecule has 5 fully saturated rings. The number of phenols is 1. The fourth-order valence-corrected chi connectivity index (χ4v) is 16.9. The number of aliphatic hydroxyl groups is 3. The SMILES string of the molecule is CCOC(=O)C(=O)Nc1cc(N(C2CC(C)CCC2C(C)C)C2CC(C)CCC2C(C)C)c2c(c1O)C(O)=C1C(=O)[C@]3(O)C(O)=C(C(N)=O)C(=O)[C@@H](N(C4CC(C)CCC4C(C)C)C4CC(C)CCC4C(C)C)C3CC1C2. The maximum atomic E-state index is 16.0. The maximum Gasteiger partial charge on any atom is 0.397 e. The monoisotopic (exact) mass is 1070 g/mol. The van der Waals surface area contributed by atoms with Crippen LogP contribution in [0, 0.1) is 82.9 Å². The summed E-state index contributed by atoms with van der Waals surface area (Å²) >= 11 is 0. The summed E-state index contributed by atoms with van der Waals surface area (Å²) in [5.74, 6) is -6.38. The molecule has 7 aliphatic carbocycles. The van der Waals surface area contributed by atoms with Gasteiger partial charge < -0.3 is 41.1 Å². The van der Waals surface area contributed by atoms with Crippen molar-refractivity contribution in [3.05, 3.63) is 34.1 Å². The minimum absolute atomic E-state index is 0.00457. The molecule has 2 amide bonds. The summed E-state index contributed by atoms with van der Waals surface area (Å²) in [5, 5.41) is 54.2. The van der Waals surface area contributed by atoms with E-state index in [1.165, 1.54) is 0 Å². The predicted molar refractivity (Wildman–Crippen MR) is 301 cm³/mol. The van der Waals surface area contributed by atoms with Crippen LogP contribution in [-0.4, -0.2) is 97.1 Å². The van der Waals surface area contributed by atoms with Crippen molar-refractivity contribution in [2.45, 2.75) is 216 Å². The number of nitrogens with two attached hydrogens (primary N) is 1. The van der Waals surface area contributed by atoms with Crippen LogP contribution in [0.3, 0.4) is 0 Å². The Morgan fingerprint density at radius 3 is 1.57 bits per heavy atom. The molecule has 8 rings (SSSR count). The highest BCUT2D eigenvalue weighted by Gasteiger charge is 2.66. The van der Waals surface area contributed by atoms with Gasteiger partial charge in [0.05, 0.1) is 23.9 Å². The van der Waals surface area contributed by atoms with Gasteiger partial charge in [-0.1, -0.05) is 109 Å². The van der Waals surface area contributed by atoms with Crippen molar-refractivity contribution in [2.75, 3.05) is 16.8 Å². The van der Waals surface area contributed by atoms with Crippen molar-refractivity contribution in [3.8, 4) is 5.75 Å². The van der Waals surface area contributed by atoms with Gasteiger partial charge in [0.1, 0.15) is 22.8 Å². The summed E-state index contributed by atoms with van der Waals surface area (Å²) in [7, 11) is 0. The van der Waals surface area contributed by atoms with Gasteiger partial charge in [0.2, 0.25) is 5.78 Å². The number of hydrogen-bond acceptors (Lipinski definition) is 12. The number of ketones is 2. The maximum absolute atomic E-state index is 16.0. The number of carbonyl (C=O) groups is 5. The third kappa shape index (κ3) is 10.6. The highest BCUT2D eigenvalue weighted by molar-refractivity contribution is 6.37. The number of carbonyl (C=O) groups excluding carboxylic acids is 5. The molecule has 1 aromatic carbocycles. The minimum Gasteiger partial charge on any atom is -0.508 e. The third-order valence-electron chi connectivity index (χ3n) is 20.9. The first-order valence-electron chi connectivity index (χ1n) is 30.2. The second-order valence-corrected chi connectivity index (χ2v) is 27.2. The molecular formula is C63H96N4O10. The first-order valence-corrected chi connectivity index (χ1v) is 30.2. The molecule has 7 aliphatic rings. The summed E-state index contributed by atoms with van der Waals surface area (Å²) in [6.07, 6.45) is 11.4. The molecule has 0 radical (unpaired) electrons. The summed E-state index contributed by atoms with van der Waals surface area (Å²) in [6, 6.07) is 0.224. The smallest absolute Gasteiger partial charge is 0.397 e. The first kappa shape index (κ1) is 58.7. The van der Waals surface area contributed by atoms with Crippen LogP contribution in [0.15, 0.2) is 23.0 Å². The number of rotatable bonds is 13. The Labute approximate surface area is 459 Å². The Kier molecular flexibility index (Phi) is 17.5. The van der Waals surface area contributed by atoms with Gasteiger partial charge in [-0.25, -0.2) is 4.79 Å². The molecular weight excluding hydrogens is 973 g/mol. The lowest BCUT2D eigenvalue weighted by Gasteiger charge is -2.58. The highest BCUT2D eigenvalue weighted by Crippen LogP contribution is 2.58. The summed E-state index contributed by atoms with van der Waals surface area (Å²) in [4.78, 5) is 77.1. The lowest BCUT2D eigenvalue weighted by Crippen LogP contribution is -2.70. The zero-order chi connectivity index (χ0) is 56.4. The van der Waals surface area contributed by atoms with Crippen LogP contribution in [0.25, 0.3) is 5.76 Å². The average Bonchev–Trinajstić information content (AvgIpc) is 3.36.